The van der Waals surface area contributed by atoms with Crippen LogP contribution >= 0.6 is 0 Å². The van der Waals surface area contributed by atoms with Crippen LogP contribution < -0.4 is 16.8 Å². The molecule has 2 aliphatic rings. The number of hydrogen-bond acceptors (Lipinski definition) is 7. The topological polar surface area (TPSA) is 157 Å². The quantitative estimate of drug-likeness (QED) is 0.557. The molecule has 1 aromatic rings. The number of nitrogens with one attached hydrogen (secondary N) is 1. The maximum Gasteiger partial charge on any atom is 0.410 e. The van der Waals surface area contributed by atoms with Gasteiger partial charge >= 0.3 is 12.2 Å². The van der Waals surface area contributed by atoms with Crippen molar-refractivity contribution in [2.75, 3.05) is 13.1 Å². The van der Waals surface area contributed by atoms with Gasteiger partial charge in [-0.3, -0.25) is 14.5 Å². The van der Waals surface area contributed by atoms with Crippen molar-refractivity contribution in [2.45, 2.75) is 64.1 Å². The highest BCUT2D eigenvalue weighted by molar-refractivity contribution is 5.91. The number of likely N-dealkylation sites (tertiary alicyclic amines) is 1. The standard InChI is InChI=1S/C22H30FN5O6/c1-22(2,3)34-20(31)26-16(8-24)19(30)28-10-13(7-17(28)18(25)29)33-21(32)27-9-12-5-4-6-15(23)14(12)11-27/h4-6,13,16-17H,7-11,24H2,1-3H3,(H2,25,29)(H,26,31)/t13-,16+,17+/m1/s1. The first-order chi connectivity index (χ1) is 15.9. The van der Waals surface area contributed by atoms with E-state index in [1.807, 2.05) is 0 Å². The van der Waals surface area contributed by atoms with Crippen LogP contribution in [0.15, 0.2) is 18.2 Å². The summed E-state index contributed by atoms with van der Waals surface area (Å²) in [5.41, 5.74) is 11.5. The summed E-state index contributed by atoms with van der Waals surface area (Å²) < 4.78 is 24.6. The van der Waals surface area contributed by atoms with Gasteiger partial charge in [-0.1, -0.05) is 12.1 Å². The third-order valence-electron chi connectivity index (χ3n) is 5.55. The molecule has 0 aliphatic carbocycles. The number of halogens is 1. The molecule has 186 valence electrons. The highest BCUT2D eigenvalue weighted by Crippen LogP contribution is 2.27. The molecule has 1 fully saturated rings. The normalized spacial score (nSPS) is 20.5. The predicted octanol–water partition coefficient (Wildman–Crippen LogP) is 0.585. The van der Waals surface area contributed by atoms with Gasteiger partial charge in [-0.05, 0) is 32.4 Å². The van der Waals surface area contributed by atoms with Crippen LogP contribution in [0.4, 0.5) is 14.0 Å². The number of amides is 4. The van der Waals surface area contributed by atoms with Crippen molar-refractivity contribution >= 4 is 24.0 Å². The molecule has 2 heterocycles. The zero-order chi connectivity index (χ0) is 25.2. The molecular weight excluding hydrogens is 449 g/mol. The molecule has 0 spiro atoms. The smallest absolute Gasteiger partial charge is 0.410 e. The van der Waals surface area contributed by atoms with E-state index in [1.54, 1.807) is 32.9 Å². The minimum absolute atomic E-state index is 0.00824. The zero-order valence-electron chi connectivity index (χ0n) is 19.4. The van der Waals surface area contributed by atoms with E-state index < -0.39 is 53.6 Å². The Morgan fingerprint density at radius 1 is 1.24 bits per heavy atom. The van der Waals surface area contributed by atoms with E-state index >= 15 is 0 Å². The number of benzene rings is 1. The van der Waals surface area contributed by atoms with E-state index in [4.69, 9.17) is 20.9 Å². The van der Waals surface area contributed by atoms with Gasteiger partial charge in [0, 0.05) is 25.1 Å². The van der Waals surface area contributed by atoms with E-state index in [1.165, 1.54) is 11.0 Å². The fourth-order valence-corrected chi connectivity index (χ4v) is 3.99. The van der Waals surface area contributed by atoms with Crippen LogP contribution in [0.3, 0.4) is 0 Å². The van der Waals surface area contributed by atoms with Crippen molar-refractivity contribution < 1.29 is 33.0 Å². The van der Waals surface area contributed by atoms with E-state index in [-0.39, 0.29) is 32.6 Å². The minimum atomic E-state index is -1.16. The summed E-state index contributed by atoms with van der Waals surface area (Å²) in [4.78, 5) is 52.3. The van der Waals surface area contributed by atoms with Crippen molar-refractivity contribution in [1.82, 2.24) is 15.1 Å². The summed E-state index contributed by atoms with van der Waals surface area (Å²) in [6.07, 6.45) is -2.36. The van der Waals surface area contributed by atoms with Gasteiger partial charge in [-0.15, -0.1) is 0 Å². The van der Waals surface area contributed by atoms with Crippen LogP contribution in [0, 0.1) is 5.82 Å². The number of carbonyl (C=O) groups excluding carboxylic acids is 4. The molecule has 11 nitrogen and oxygen atoms in total. The maximum absolute atomic E-state index is 14.0. The molecule has 0 bridgehead atoms. The molecule has 5 N–H and O–H groups in total. The number of alkyl carbamates (subject to hydrolysis) is 1. The second-order valence-corrected chi connectivity index (χ2v) is 9.32. The molecule has 0 radical (unpaired) electrons. The van der Waals surface area contributed by atoms with E-state index in [0.29, 0.717) is 11.1 Å². The fourth-order valence-electron chi connectivity index (χ4n) is 3.99. The molecule has 1 saturated heterocycles. The molecule has 12 heteroatoms. The number of nitrogens with zero attached hydrogens (tertiary/aromatic N) is 2. The molecule has 4 amide bonds. The molecule has 0 unspecified atom stereocenters. The van der Waals surface area contributed by atoms with Crippen LogP contribution in [-0.4, -0.2) is 70.7 Å². The number of ether oxygens (including phenoxy) is 2. The summed E-state index contributed by atoms with van der Waals surface area (Å²) in [6, 6.07) is 2.41. The Morgan fingerprint density at radius 2 is 1.94 bits per heavy atom. The Balaban J connectivity index is 1.64. The lowest BCUT2D eigenvalue weighted by molar-refractivity contribution is -0.138. The summed E-state index contributed by atoms with van der Waals surface area (Å²) in [5, 5.41) is 2.39. The Hall–Kier alpha value is -3.41. The zero-order valence-corrected chi connectivity index (χ0v) is 19.4. The average molecular weight is 480 g/mol. The highest BCUT2D eigenvalue weighted by Gasteiger charge is 2.43. The summed E-state index contributed by atoms with van der Waals surface area (Å²) in [6.45, 7) is 4.90. The first-order valence-electron chi connectivity index (χ1n) is 10.9. The third-order valence-corrected chi connectivity index (χ3v) is 5.55. The van der Waals surface area contributed by atoms with Gasteiger partial charge in [0.25, 0.3) is 0 Å². The van der Waals surface area contributed by atoms with Crippen LogP contribution in [0.5, 0.6) is 0 Å². The van der Waals surface area contributed by atoms with Crippen LogP contribution in [0.25, 0.3) is 0 Å². The number of rotatable bonds is 5. The van der Waals surface area contributed by atoms with Gasteiger partial charge < -0.3 is 31.2 Å². The molecule has 34 heavy (non-hydrogen) atoms. The monoisotopic (exact) mass is 479 g/mol. The van der Waals surface area contributed by atoms with Crippen molar-refractivity contribution in [3.05, 3.63) is 35.1 Å². The van der Waals surface area contributed by atoms with Gasteiger partial charge in [-0.25, -0.2) is 14.0 Å². The van der Waals surface area contributed by atoms with Gasteiger partial charge in [0.05, 0.1) is 13.1 Å². The Morgan fingerprint density at radius 3 is 2.53 bits per heavy atom. The molecule has 3 rings (SSSR count). The molecule has 0 saturated carbocycles. The average Bonchev–Trinajstić information content (AvgIpc) is 3.35. The summed E-state index contributed by atoms with van der Waals surface area (Å²) >= 11 is 0. The second kappa shape index (κ2) is 9.84. The molecular formula is C22H30FN5O6. The van der Waals surface area contributed by atoms with E-state index in [9.17, 15) is 23.6 Å². The Kier molecular flexibility index (Phi) is 7.29. The third kappa shape index (κ3) is 5.74. The molecule has 2 aliphatic heterocycles. The van der Waals surface area contributed by atoms with E-state index in [2.05, 4.69) is 5.32 Å². The lowest BCUT2D eigenvalue weighted by atomic mass is 10.1. The van der Waals surface area contributed by atoms with Gasteiger partial charge in [-0.2, -0.15) is 0 Å². The Bertz CT molecular complexity index is 981. The number of fused-ring (bicyclic) bond motifs is 1. The molecule has 3 atom stereocenters. The van der Waals surface area contributed by atoms with Crippen molar-refractivity contribution in [3.8, 4) is 0 Å². The number of carbonyl (C=O) groups is 4. The minimum Gasteiger partial charge on any atom is -0.444 e. The highest BCUT2D eigenvalue weighted by atomic mass is 19.1. The maximum atomic E-state index is 14.0. The molecule has 1 aromatic carbocycles. The number of primary amides is 1. The van der Waals surface area contributed by atoms with Crippen molar-refractivity contribution in [1.29, 1.82) is 0 Å². The van der Waals surface area contributed by atoms with Crippen LogP contribution in [0.1, 0.15) is 38.3 Å². The predicted molar refractivity (Wildman–Crippen MR) is 117 cm³/mol. The van der Waals surface area contributed by atoms with E-state index in [0.717, 1.165) is 4.90 Å². The van der Waals surface area contributed by atoms with Crippen LogP contribution in [0.2, 0.25) is 0 Å². The lowest BCUT2D eigenvalue weighted by Crippen LogP contribution is -2.56. The van der Waals surface area contributed by atoms with Crippen LogP contribution in [-0.2, 0) is 32.2 Å². The SMILES string of the molecule is CC(C)(C)OC(=O)N[C@@H](CN)C(=O)N1C[C@H](OC(=O)N2Cc3cccc(F)c3C2)C[C@H]1C(N)=O. The summed E-state index contributed by atoms with van der Waals surface area (Å²) in [5.74, 6) is -1.83. The van der Waals surface area contributed by atoms with Crippen molar-refractivity contribution in [3.63, 3.8) is 0 Å². The first-order valence-corrected chi connectivity index (χ1v) is 10.9. The first kappa shape index (κ1) is 25.2. The number of nitrogens with two attached hydrogens (primary N) is 2. The summed E-state index contributed by atoms with van der Waals surface area (Å²) in [7, 11) is 0. The van der Waals surface area contributed by atoms with Gasteiger partial charge in [0.15, 0.2) is 0 Å². The number of hydrogen-bond donors (Lipinski definition) is 3. The molecule has 0 aromatic heterocycles. The Labute approximate surface area is 196 Å². The largest absolute Gasteiger partial charge is 0.444 e. The van der Waals surface area contributed by atoms with Crippen molar-refractivity contribution in [2.24, 2.45) is 11.5 Å². The van der Waals surface area contributed by atoms with Gasteiger partial charge in [0.1, 0.15) is 29.6 Å². The lowest BCUT2D eigenvalue weighted by Gasteiger charge is -2.28. The fraction of sp³-hybridized carbons (Fsp3) is 0.545. The van der Waals surface area contributed by atoms with Gasteiger partial charge in [0.2, 0.25) is 11.8 Å². The second-order valence-electron chi connectivity index (χ2n) is 9.32.